The molecule has 1 aromatic carbocycles. The number of alkyl halides is 2. The molecule has 3 rings (SSSR count). The standard InChI is InChI=1S/C19H21F2N5O/c1-3-26(12-16-22-8-9-25(16)2)11-13-4-6-14(7-5-13)19-23-15(18(20)21)10-17(27)24-19/h4-10,18H,3,11-12H2,1-2H3,(H,23,24,27). The summed E-state index contributed by atoms with van der Waals surface area (Å²) in [5, 5.41) is 0. The molecular weight excluding hydrogens is 352 g/mol. The van der Waals surface area contributed by atoms with Crippen LogP contribution in [0.25, 0.3) is 11.4 Å². The van der Waals surface area contributed by atoms with Crippen molar-refractivity contribution in [3.05, 3.63) is 70.2 Å². The second-order valence-electron chi connectivity index (χ2n) is 6.27. The Kier molecular flexibility index (Phi) is 5.75. The highest BCUT2D eigenvalue weighted by atomic mass is 19.3. The van der Waals surface area contributed by atoms with E-state index in [9.17, 15) is 13.6 Å². The fourth-order valence-corrected chi connectivity index (χ4v) is 2.78. The lowest BCUT2D eigenvalue weighted by Gasteiger charge is -2.20. The summed E-state index contributed by atoms with van der Waals surface area (Å²) in [5.41, 5.74) is 0.546. The predicted molar refractivity (Wildman–Crippen MR) is 98.2 cm³/mol. The van der Waals surface area contributed by atoms with Crippen LogP contribution >= 0.6 is 0 Å². The number of aryl methyl sites for hydroxylation is 1. The molecule has 0 aliphatic rings. The molecule has 0 saturated heterocycles. The first kappa shape index (κ1) is 18.9. The van der Waals surface area contributed by atoms with E-state index < -0.39 is 17.7 Å². The lowest BCUT2D eigenvalue weighted by atomic mass is 10.1. The van der Waals surface area contributed by atoms with Crippen LogP contribution in [-0.4, -0.2) is 31.0 Å². The second kappa shape index (κ2) is 8.22. The van der Waals surface area contributed by atoms with Crippen LogP contribution in [0.3, 0.4) is 0 Å². The first-order valence-corrected chi connectivity index (χ1v) is 8.63. The Balaban J connectivity index is 1.75. The molecule has 1 N–H and O–H groups in total. The third kappa shape index (κ3) is 4.65. The first-order chi connectivity index (χ1) is 13.0. The van der Waals surface area contributed by atoms with Gasteiger partial charge in [0.15, 0.2) is 0 Å². The number of aromatic nitrogens is 4. The largest absolute Gasteiger partial charge is 0.337 e. The Bertz CT molecular complexity index is 949. The number of nitrogens with one attached hydrogen (secondary N) is 1. The van der Waals surface area contributed by atoms with E-state index >= 15 is 0 Å². The molecule has 0 aliphatic carbocycles. The van der Waals surface area contributed by atoms with E-state index in [2.05, 4.69) is 26.8 Å². The lowest BCUT2D eigenvalue weighted by molar-refractivity contribution is 0.146. The van der Waals surface area contributed by atoms with Crippen LogP contribution in [0.2, 0.25) is 0 Å². The maximum atomic E-state index is 12.8. The van der Waals surface area contributed by atoms with Gasteiger partial charge in [-0.1, -0.05) is 31.2 Å². The fourth-order valence-electron chi connectivity index (χ4n) is 2.78. The van der Waals surface area contributed by atoms with Crippen LogP contribution in [-0.2, 0) is 20.1 Å². The van der Waals surface area contributed by atoms with Gasteiger partial charge in [0.2, 0.25) is 0 Å². The number of aromatic amines is 1. The molecule has 3 aromatic rings. The van der Waals surface area contributed by atoms with Crippen molar-refractivity contribution in [2.24, 2.45) is 7.05 Å². The van der Waals surface area contributed by atoms with Crippen LogP contribution in [0.5, 0.6) is 0 Å². The smallest absolute Gasteiger partial charge is 0.280 e. The Morgan fingerprint density at radius 2 is 1.96 bits per heavy atom. The zero-order valence-electron chi connectivity index (χ0n) is 15.2. The quantitative estimate of drug-likeness (QED) is 0.691. The highest BCUT2D eigenvalue weighted by molar-refractivity contribution is 5.55. The average Bonchev–Trinajstić information content (AvgIpc) is 3.05. The molecule has 0 amide bonds. The Labute approximate surface area is 155 Å². The zero-order chi connectivity index (χ0) is 19.4. The number of rotatable bonds is 7. The van der Waals surface area contributed by atoms with Gasteiger partial charge in [0.25, 0.3) is 12.0 Å². The van der Waals surface area contributed by atoms with Crippen molar-refractivity contribution >= 4 is 0 Å². The Hall–Kier alpha value is -2.87. The minimum Gasteiger partial charge on any atom is -0.337 e. The molecule has 8 heteroatoms. The summed E-state index contributed by atoms with van der Waals surface area (Å²) in [6.45, 7) is 4.40. The van der Waals surface area contributed by atoms with Crippen LogP contribution in [0.1, 0.15) is 30.4 Å². The van der Waals surface area contributed by atoms with Crippen molar-refractivity contribution in [1.29, 1.82) is 0 Å². The summed E-state index contributed by atoms with van der Waals surface area (Å²) in [6, 6.07) is 8.19. The monoisotopic (exact) mass is 373 g/mol. The fraction of sp³-hybridized carbons (Fsp3) is 0.316. The maximum absolute atomic E-state index is 12.8. The topological polar surface area (TPSA) is 66.8 Å². The number of hydrogen-bond acceptors (Lipinski definition) is 4. The Morgan fingerprint density at radius 1 is 1.22 bits per heavy atom. The predicted octanol–water partition coefficient (Wildman–Crippen LogP) is 3.13. The van der Waals surface area contributed by atoms with Gasteiger partial charge in [0.05, 0.1) is 6.54 Å². The lowest BCUT2D eigenvalue weighted by Crippen LogP contribution is -2.24. The molecule has 27 heavy (non-hydrogen) atoms. The maximum Gasteiger partial charge on any atom is 0.280 e. The van der Waals surface area contributed by atoms with Gasteiger partial charge in [-0.2, -0.15) is 0 Å². The Morgan fingerprint density at radius 3 is 2.56 bits per heavy atom. The highest BCUT2D eigenvalue weighted by Crippen LogP contribution is 2.20. The van der Waals surface area contributed by atoms with E-state index in [0.717, 1.165) is 37.1 Å². The number of benzene rings is 1. The SMILES string of the molecule is CCN(Cc1ccc(-c2nc(C(F)F)cc(=O)[nH]2)cc1)Cc1nccn1C. The van der Waals surface area contributed by atoms with E-state index in [4.69, 9.17) is 0 Å². The molecule has 0 saturated carbocycles. The molecule has 2 aromatic heterocycles. The third-order valence-corrected chi connectivity index (χ3v) is 4.35. The molecular formula is C19H21F2N5O. The van der Waals surface area contributed by atoms with Crippen LogP contribution in [0, 0.1) is 0 Å². The number of nitrogens with zero attached hydrogens (tertiary/aromatic N) is 4. The van der Waals surface area contributed by atoms with Gasteiger partial charge in [0, 0.05) is 37.6 Å². The van der Waals surface area contributed by atoms with E-state index in [1.807, 2.05) is 29.9 Å². The van der Waals surface area contributed by atoms with Crippen molar-refractivity contribution < 1.29 is 8.78 Å². The van der Waals surface area contributed by atoms with E-state index in [1.54, 1.807) is 18.3 Å². The second-order valence-corrected chi connectivity index (χ2v) is 6.27. The van der Waals surface area contributed by atoms with Crippen molar-refractivity contribution in [2.45, 2.75) is 26.4 Å². The van der Waals surface area contributed by atoms with E-state index in [-0.39, 0.29) is 5.82 Å². The van der Waals surface area contributed by atoms with Crippen LogP contribution in [0.15, 0.2) is 47.5 Å². The van der Waals surface area contributed by atoms with Gasteiger partial charge in [-0.05, 0) is 12.1 Å². The van der Waals surface area contributed by atoms with E-state index in [1.165, 1.54) is 0 Å². The van der Waals surface area contributed by atoms with Crippen molar-refractivity contribution in [1.82, 2.24) is 24.4 Å². The number of H-pyrrole nitrogens is 1. The summed E-state index contributed by atoms with van der Waals surface area (Å²) in [5.74, 6) is 1.13. The summed E-state index contributed by atoms with van der Waals surface area (Å²) >= 11 is 0. The van der Waals surface area contributed by atoms with Gasteiger partial charge < -0.3 is 9.55 Å². The van der Waals surface area contributed by atoms with Crippen molar-refractivity contribution in [3.63, 3.8) is 0 Å². The zero-order valence-corrected chi connectivity index (χ0v) is 15.2. The molecule has 0 atom stereocenters. The molecule has 0 unspecified atom stereocenters. The highest BCUT2D eigenvalue weighted by Gasteiger charge is 2.13. The van der Waals surface area contributed by atoms with Gasteiger partial charge >= 0.3 is 0 Å². The van der Waals surface area contributed by atoms with Crippen molar-refractivity contribution in [2.75, 3.05) is 6.54 Å². The molecule has 0 bridgehead atoms. The number of hydrogen-bond donors (Lipinski definition) is 1. The van der Waals surface area contributed by atoms with Gasteiger partial charge in [-0.25, -0.2) is 18.7 Å². The molecule has 0 aliphatic heterocycles. The van der Waals surface area contributed by atoms with E-state index in [0.29, 0.717) is 5.56 Å². The first-order valence-electron chi connectivity index (χ1n) is 8.63. The van der Waals surface area contributed by atoms with Gasteiger partial charge in [-0.3, -0.25) is 9.69 Å². The third-order valence-electron chi connectivity index (χ3n) is 4.35. The summed E-state index contributed by atoms with van der Waals surface area (Å²) in [6.07, 6.45) is 0.910. The van der Waals surface area contributed by atoms with Crippen LogP contribution in [0.4, 0.5) is 8.78 Å². The molecule has 142 valence electrons. The van der Waals surface area contributed by atoms with Crippen molar-refractivity contribution in [3.8, 4) is 11.4 Å². The molecule has 0 spiro atoms. The summed E-state index contributed by atoms with van der Waals surface area (Å²) < 4.78 is 27.7. The van der Waals surface area contributed by atoms with Crippen LogP contribution < -0.4 is 5.56 Å². The number of imidazole rings is 1. The van der Waals surface area contributed by atoms with Gasteiger partial charge in [0.1, 0.15) is 17.3 Å². The van der Waals surface area contributed by atoms with Gasteiger partial charge in [-0.15, -0.1) is 0 Å². The minimum absolute atomic E-state index is 0.143. The number of halogens is 2. The minimum atomic E-state index is -2.78. The molecule has 6 nitrogen and oxygen atoms in total. The average molecular weight is 373 g/mol. The normalized spacial score (nSPS) is 11.5. The summed E-state index contributed by atoms with van der Waals surface area (Å²) in [4.78, 5) is 24.5. The molecule has 0 fully saturated rings. The molecule has 0 radical (unpaired) electrons. The molecule has 2 heterocycles. The summed E-state index contributed by atoms with van der Waals surface area (Å²) in [7, 11) is 1.96.